The summed E-state index contributed by atoms with van der Waals surface area (Å²) in [5.74, 6) is -0.435. The lowest BCUT2D eigenvalue weighted by Crippen LogP contribution is -2.14. The van der Waals surface area contributed by atoms with E-state index in [9.17, 15) is 12.8 Å². The number of sulfone groups is 1. The van der Waals surface area contributed by atoms with E-state index in [0.29, 0.717) is 5.75 Å². The Morgan fingerprint density at radius 1 is 1.19 bits per heavy atom. The minimum absolute atomic E-state index is 0.0230. The first-order valence-electron chi connectivity index (χ1n) is 6.04. The number of nitrogen functional groups attached to an aromatic ring is 1. The van der Waals surface area contributed by atoms with E-state index in [1.165, 1.54) is 12.1 Å². The van der Waals surface area contributed by atoms with Gasteiger partial charge >= 0.3 is 0 Å². The van der Waals surface area contributed by atoms with Crippen molar-refractivity contribution in [2.24, 2.45) is 0 Å². The van der Waals surface area contributed by atoms with Crippen molar-refractivity contribution in [1.29, 1.82) is 0 Å². The highest BCUT2D eigenvalue weighted by Crippen LogP contribution is 2.19. The molecule has 0 radical (unpaired) electrons. The highest BCUT2D eigenvalue weighted by atomic mass is 79.9. The van der Waals surface area contributed by atoms with Crippen LogP contribution in [0.3, 0.4) is 0 Å². The standard InChI is InChI=1S/C14H13BrFNO3S/c15-10-2-1-3-11(8-10)20-6-7-21(18,19)12-4-5-14(17)13(16)9-12/h1-5,8-9H,6-7,17H2. The van der Waals surface area contributed by atoms with Crippen molar-refractivity contribution in [1.82, 2.24) is 0 Å². The number of hydrogen-bond donors (Lipinski definition) is 1. The van der Waals surface area contributed by atoms with Crippen LogP contribution in [-0.4, -0.2) is 20.8 Å². The zero-order valence-electron chi connectivity index (χ0n) is 10.9. The summed E-state index contributed by atoms with van der Waals surface area (Å²) in [5, 5.41) is 0. The molecular weight excluding hydrogens is 361 g/mol. The van der Waals surface area contributed by atoms with Gasteiger partial charge in [-0.1, -0.05) is 22.0 Å². The van der Waals surface area contributed by atoms with Crippen LogP contribution in [-0.2, 0) is 9.84 Å². The molecule has 0 aromatic heterocycles. The molecule has 0 bridgehead atoms. The summed E-state index contributed by atoms with van der Waals surface area (Å²) in [6, 6.07) is 10.5. The SMILES string of the molecule is Nc1ccc(S(=O)(=O)CCOc2cccc(Br)c2)cc1F. The molecule has 0 atom stereocenters. The average molecular weight is 374 g/mol. The Bertz CT molecular complexity index is 750. The van der Waals surface area contributed by atoms with Crippen molar-refractivity contribution in [3.63, 3.8) is 0 Å². The van der Waals surface area contributed by atoms with E-state index < -0.39 is 15.7 Å². The minimum Gasteiger partial charge on any atom is -0.492 e. The second kappa shape index (κ2) is 6.44. The fourth-order valence-electron chi connectivity index (χ4n) is 1.65. The van der Waals surface area contributed by atoms with Crippen LogP contribution in [0.5, 0.6) is 5.75 Å². The Morgan fingerprint density at radius 2 is 1.95 bits per heavy atom. The maximum Gasteiger partial charge on any atom is 0.181 e. The fraction of sp³-hybridized carbons (Fsp3) is 0.143. The van der Waals surface area contributed by atoms with Crippen molar-refractivity contribution in [2.45, 2.75) is 4.90 Å². The minimum atomic E-state index is -3.61. The van der Waals surface area contributed by atoms with Gasteiger partial charge in [0.05, 0.1) is 16.3 Å². The van der Waals surface area contributed by atoms with Gasteiger partial charge in [0.1, 0.15) is 18.2 Å². The zero-order chi connectivity index (χ0) is 15.5. The van der Waals surface area contributed by atoms with E-state index in [0.717, 1.165) is 10.5 Å². The van der Waals surface area contributed by atoms with E-state index in [-0.39, 0.29) is 22.9 Å². The maximum atomic E-state index is 13.3. The summed E-state index contributed by atoms with van der Waals surface area (Å²) in [6.45, 7) is -0.0230. The van der Waals surface area contributed by atoms with Crippen molar-refractivity contribution in [3.8, 4) is 5.75 Å². The third-order valence-electron chi connectivity index (χ3n) is 2.75. The number of rotatable bonds is 5. The summed E-state index contributed by atoms with van der Waals surface area (Å²) in [4.78, 5) is -0.105. The first-order valence-corrected chi connectivity index (χ1v) is 8.49. The average Bonchev–Trinajstić information content (AvgIpc) is 2.41. The predicted molar refractivity (Wildman–Crippen MR) is 82.5 cm³/mol. The van der Waals surface area contributed by atoms with Crippen molar-refractivity contribution in [3.05, 3.63) is 52.8 Å². The number of hydrogen-bond acceptors (Lipinski definition) is 4. The molecule has 0 unspecified atom stereocenters. The largest absolute Gasteiger partial charge is 0.492 e. The second-order valence-corrected chi connectivity index (χ2v) is 7.33. The number of nitrogens with two attached hydrogens (primary N) is 1. The van der Waals surface area contributed by atoms with E-state index in [4.69, 9.17) is 10.5 Å². The molecule has 0 aliphatic heterocycles. The van der Waals surface area contributed by atoms with Crippen LogP contribution in [0.2, 0.25) is 0 Å². The van der Waals surface area contributed by atoms with Gasteiger partial charge in [-0.2, -0.15) is 0 Å². The molecule has 2 rings (SSSR count). The Morgan fingerprint density at radius 3 is 2.62 bits per heavy atom. The van der Waals surface area contributed by atoms with Gasteiger partial charge in [0.15, 0.2) is 9.84 Å². The van der Waals surface area contributed by atoms with Gasteiger partial charge in [-0.05, 0) is 36.4 Å². The van der Waals surface area contributed by atoms with E-state index in [1.54, 1.807) is 18.2 Å². The molecule has 21 heavy (non-hydrogen) atoms. The molecular formula is C14H13BrFNO3S. The Hall–Kier alpha value is -1.60. The third-order valence-corrected chi connectivity index (χ3v) is 4.92. The molecule has 0 fully saturated rings. The first-order chi connectivity index (χ1) is 9.88. The van der Waals surface area contributed by atoms with Crippen LogP contribution in [0.25, 0.3) is 0 Å². The van der Waals surface area contributed by atoms with Crippen LogP contribution in [0.15, 0.2) is 51.8 Å². The zero-order valence-corrected chi connectivity index (χ0v) is 13.3. The van der Waals surface area contributed by atoms with Gasteiger partial charge in [-0.25, -0.2) is 12.8 Å². The number of benzene rings is 2. The van der Waals surface area contributed by atoms with E-state index in [2.05, 4.69) is 15.9 Å². The molecule has 2 aromatic carbocycles. The van der Waals surface area contributed by atoms with Crippen molar-refractivity contribution < 1.29 is 17.5 Å². The summed E-state index contributed by atoms with van der Waals surface area (Å²) < 4.78 is 43.6. The van der Waals surface area contributed by atoms with Gasteiger partial charge in [0.2, 0.25) is 0 Å². The maximum absolute atomic E-state index is 13.3. The lowest BCUT2D eigenvalue weighted by molar-refractivity contribution is 0.340. The van der Waals surface area contributed by atoms with Gasteiger partial charge < -0.3 is 10.5 Å². The molecule has 0 spiro atoms. The molecule has 0 saturated carbocycles. The number of ether oxygens (including phenoxy) is 1. The van der Waals surface area contributed by atoms with Crippen molar-refractivity contribution >= 4 is 31.5 Å². The Balaban J connectivity index is 2.03. The van der Waals surface area contributed by atoms with Gasteiger partial charge in [-0.3, -0.25) is 0 Å². The van der Waals surface area contributed by atoms with E-state index in [1.807, 2.05) is 6.07 Å². The van der Waals surface area contributed by atoms with Crippen LogP contribution < -0.4 is 10.5 Å². The van der Waals surface area contributed by atoms with Gasteiger partial charge in [0.25, 0.3) is 0 Å². The van der Waals surface area contributed by atoms with Crippen LogP contribution in [0, 0.1) is 5.82 Å². The molecule has 0 heterocycles. The lowest BCUT2D eigenvalue weighted by Gasteiger charge is -2.08. The molecule has 0 aliphatic rings. The molecule has 2 aromatic rings. The fourth-order valence-corrected chi connectivity index (χ4v) is 3.12. The number of anilines is 1. The Labute approximate surface area is 130 Å². The van der Waals surface area contributed by atoms with Crippen LogP contribution in [0.4, 0.5) is 10.1 Å². The third kappa shape index (κ3) is 4.18. The van der Waals surface area contributed by atoms with Crippen LogP contribution in [0.1, 0.15) is 0 Å². The normalized spacial score (nSPS) is 11.3. The van der Waals surface area contributed by atoms with E-state index >= 15 is 0 Å². The molecule has 2 N–H and O–H groups in total. The van der Waals surface area contributed by atoms with Crippen LogP contribution >= 0.6 is 15.9 Å². The summed E-state index contributed by atoms with van der Waals surface area (Å²) in [6.07, 6.45) is 0. The van der Waals surface area contributed by atoms with Gasteiger partial charge in [-0.15, -0.1) is 0 Å². The lowest BCUT2D eigenvalue weighted by atomic mass is 10.3. The first kappa shape index (κ1) is 15.8. The second-order valence-electron chi connectivity index (χ2n) is 4.31. The quantitative estimate of drug-likeness (QED) is 0.817. The molecule has 112 valence electrons. The smallest absolute Gasteiger partial charge is 0.181 e. The molecule has 7 heteroatoms. The summed E-state index contributed by atoms with van der Waals surface area (Å²) in [7, 11) is -3.61. The molecule has 0 saturated heterocycles. The summed E-state index contributed by atoms with van der Waals surface area (Å²) in [5.41, 5.74) is 5.24. The molecule has 0 aliphatic carbocycles. The molecule has 4 nitrogen and oxygen atoms in total. The Kier molecular flexibility index (Phi) is 4.84. The number of halogens is 2. The predicted octanol–water partition coefficient (Wildman–Crippen LogP) is 3.02. The highest BCUT2D eigenvalue weighted by Gasteiger charge is 2.16. The summed E-state index contributed by atoms with van der Waals surface area (Å²) >= 11 is 3.29. The van der Waals surface area contributed by atoms with Crippen molar-refractivity contribution in [2.75, 3.05) is 18.1 Å². The van der Waals surface area contributed by atoms with Gasteiger partial charge in [0, 0.05) is 4.47 Å². The topological polar surface area (TPSA) is 69.4 Å². The molecule has 0 amide bonds. The highest BCUT2D eigenvalue weighted by molar-refractivity contribution is 9.10. The monoisotopic (exact) mass is 373 g/mol.